The Hall–Kier alpha value is -2.62. The minimum absolute atomic E-state index is 0.0150. The molecule has 1 heterocycles. The maximum absolute atomic E-state index is 13.1. The van der Waals surface area contributed by atoms with Crippen molar-refractivity contribution in [3.8, 4) is 0 Å². The van der Waals surface area contributed by atoms with E-state index in [9.17, 15) is 9.59 Å². The maximum Gasteiger partial charge on any atom is 0.223 e. The minimum atomic E-state index is -0.0150. The molecule has 1 fully saturated rings. The molecule has 4 heteroatoms. The van der Waals surface area contributed by atoms with Gasteiger partial charge < -0.3 is 10.2 Å². The third-order valence-electron chi connectivity index (χ3n) is 6.67. The molecular weight excluding hydrogens is 384 g/mol. The second kappa shape index (κ2) is 11.7. The number of piperidine rings is 1. The summed E-state index contributed by atoms with van der Waals surface area (Å²) in [5, 5.41) is 3.35. The molecule has 31 heavy (non-hydrogen) atoms. The van der Waals surface area contributed by atoms with Gasteiger partial charge in [0.25, 0.3) is 0 Å². The number of benzene rings is 2. The number of likely N-dealkylation sites (tertiary alicyclic amines) is 1. The molecule has 0 aliphatic carbocycles. The lowest BCUT2D eigenvalue weighted by atomic mass is 9.87. The van der Waals surface area contributed by atoms with Crippen LogP contribution in [0.15, 0.2) is 60.7 Å². The van der Waals surface area contributed by atoms with Gasteiger partial charge in [0.1, 0.15) is 0 Å². The molecule has 0 radical (unpaired) electrons. The van der Waals surface area contributed by atoms with Crippen molar-refractivity contribution in [1.82, 2.24) is 10.2 Å². The van der Waals surface area contributed by atoms with Crippen LogP contribution in [0, 0.1) is 11.8 Å². The lowest BCUT2D eigenvalue weighted by molar-refractivity contribution is -0.136. The van der Waals surface area contributed by atoms with E-state index in [-0.39, 0.29) is 23.8 Å². The zero-order valence-corrected chi connectivity index (χ0v) is 18.9. The molecule has 1 saturated heterocycles. The van der Waals surface area contributed by atoms with Crippen molar-refractivity contribution in [2.45, 2.75) is 58.4 Å². The molecule has 1 aliphatic heterocycles. The van der Waals surface area contributed by atoms with Crippen LogP contribution in [-0.4, -0.2) is 29.8 Å². The number of hydrogen-bond acceptors (Lipinski definition) is 2. The van der Waals surface area contributed by atoms with E-state index in [2.05, 4.69) is 43.4 Å². The standard InChI is InChI=1S/C27H36N2O2/c1-3-22(4-2)26(23-13-9-6-10-14-23)28-27(31)24-17-19-29(20-18-24)25(30)16-15-21-11-7-5-8-12-21/h5-14,22,24,26H,3-4,15-20H2,1-2H3,(H,28,31). The van der Waals surface area contributed by atoms with Gasteiger partial charge in [0.05, 0.1) is 6.04 Å². The fourth-order valence-electron chi connectivity index (χ4n) is 4.61. The first kappa shape index (κ1) is 23.1. The lowest BCUT2D eigenvalue weighted by Crippen LogP contribution is -2.44. The Morgan fingerprint density at radius 1 is 0.935 bits per heavy atom. The van der Waals surface area contributed by atoms with E-state index in [0.29, 0.717) is 25.4 Å². The summed E-state index contributed by atoms with van der Waals surface area (Å²) in [5.74, 6) is 0.740. The average Bonchev–Trinajstić information content (AvgIpc) is 2.83. The summed E-state index contributed by atoms with van der Waals surface area (Å²) in [6, 6.07) is 20.5. The Morgan fingerprint density at radius 2 is 1.52 bits per heavy atom. The number of carbonyl (C=O) groups excluding carboxylic acids is 2. The number of carbonyl (C=O) groups is 2. The largest absolute Gasteiger partial charge is 0.349 e. The van der Waals surface area contributed by atoms with Crippen molar-refractivity contribution in [2.75, 3.05) is 13.1 Å². The summed E-state index contributed by atoms with van der Waals surface area (Å²) >= 11 is 0. The molecule has 2 aromatic carbocycles. The highest BCUT2D eigenvalue weighted by atomic mass is 16.2. The Bertz CT molecular complexity index is 810. The molecule has 4 nitrogen and oxygen atoms in total. The first-order valence-electron chi connectivity index (χ1n) is 11.8. The van der Waals surface area contributed by atoms with Gasteiger partial charge in [-0.2, -0.15) is 0 Å². The highest BCUT2D eigenvalue weighted by Crippen LogP contribution is 2.29. The number of nitrogens with zero attached hydrogens (tertiary/aromatic N) is 1. The lowest BCUT2D eigenvalue weighted by Gasteiger charge is -2.34. The topological polar surface area (TPSA) is 49.4 Å². The summed E-state index contributed by atoms with van der Waals surface area (Å²) in [5.41, 5.74) is 2.37. The molecule has 0 spiro atoms. The Morgan fingerprint density at radius 3 is 2.10 bits per heavy atom. The van der Waals surface area contributed by atoms with Crippen LogP contribution in [0.25, 0.3) is 0 Å². The van der Waals surface area contributed by atoms with E-state index in [1.54, 1.807) is 0 Å². The van der Waals surface area contributed by atoms with E-state index in [0.717, 1.165) is 32.1 Å². The van der Waals surface area contributed by atoms with Gasteiger partial charge in [-0.3, -0.25) is 9.59 Å². The van der Waals surface area contributed by atoms with Crippen LogP contribution in [0.1, 0.15) is 63.1 Å². The van der Waals surface area contributed by atoms with Gasteiger partial charge in [-0.25, -0.2) is 0 Å². The summed E-state index contributed by atoms with van der Waals surface area (Å²) < 4.78 is 0. The Labute approximate surface area is 187 Å². The van der Waals surface area contributed by atoms with E-state index in [1.807, 2.05) is 41.3 Å². The first-order valence-corrected chi connectivity index (χ1v) is 11.8. The van der Waals surface area contributed by atoms with Gasteiger partial charge in [-0.15, -0.1) is 0 Å². The fraction of sp³-hybridized carbons (Fsp3) is 0.481. The van der Waals surface area contributed by atoms with E-state index >= 15 is 0 Å². The van der Waals surface area contributed by atoms with Crippen molar-refractivity contribution >= 4 is 11.8 Å². The molecule has 2 amide bonds. The van der Waals surface area contributed by atoms with Gasteiger partial charge in [0, 0.05) is 25.4 Å². The van der Waals surface area contributed by atoms with Crippen molar-refractivity contribution in [3.63, 3.8) is 0 Å². The molecule has 1 aliphatic rings. The second-order valence-corrected chi connectivity index (χ2v) is 8.61. The van der Waals surface area contributed by atoms with E-state index in [4.69, 9.17) is 0 Å². The monoisotopic (exact) mass is 420 g/mol. The quantitative estimate of drug-likeness (QED) is 0.610. The minimum Gasteiger partial charge on any atom is -0.349 e. The molecule has 2 aromatic rings. The number of hydrogen-bond donors (Lipinski definition) is 1. The first-order chi connectivity index (χ1) is 15.1. The van der Waals surface area contributed by atoms with Crippen LogP contribution >= 0.6 is 0 Å². The van der Waals surface area contributed by atoms with Crippen LogP contribution < -0.4 is 5.32 Å². The summed E-state index contributed by atoms with van der Waals surface area (Å²) in [7, 11) is 0. The summed E-state index contributed by atoms with van der Waals surface area (Å²) in [6.45, 7) is 5.73. The van der Waals surface area contributed by atoms with E-state index < -0.39 is 0 Å². The normalized spacial score (nSPS) is 15.6. The highest BCUT2D eigenvalue weighted by molar-refractivity contribution is 5.80. The average molecular weight is 421 g/mol. The third kappa shape index (κ3) is 6.43. The van der Waals surface area contributed by atoms with Crippen LogP contribution in [-0.2, 0) is 16.0 Å². The van der Waals surface area contributed by atoms with Crippen LogP contribution in [0.5, 0.6) is 0 Å². The molecule has 0 bridgehead atoms. The zero-order chi connectivity index (χ0) is 22.1. The van der Waals surface area contributed by atoms with Crippen LogP contribution in [0.2, 0.25) is 0 Å². The summed E-state index contributed by atoms with van der Waals surface area (Å²) in [4.78, 5) is 27.6. The molecule has 1 unspecified atom stereocenters. The number of amides is 2. The van der Waals surface area contributed by atoms with Gasteiger partial charge in [0.2, 0.25) is 11.8 Å². The second-order valence-electron chi connectivity index (χ2n) is 8.61. The van der Waals surface area contributed by atoms with Crippen molar-refractivity contribution in [2.24, 2.45) is 11.8 Å². The highest BCUT2D eigenvalue weighted by Gasteiger charge is 2.30. The molecule has 1 N–H and O–H groups in total. The molecular formula is C27H36N2O2. The molecule has 3 rings (SSSR count). The predicted molar refractivity (Wildman–Crippen MR) is 125 cm³/mol. The van der Waals surface area contributed by atoms with Crippen LogP contribution in [0.3, 0.4) is 0 Å². The van der Waals surface area contributed by atoms with Crippen molar-refractivity contribution in [3.05, 3.63) is 71.8 Å². The SMILES string of the molecule is CCC(CC)C(NC(=O)C1CCN(C(=O)CCc2ccccc2)CC1)c1ccccc1. The number of nitrogens with one attached hydrogen (secondary N) is 1. The van der Waals surface area contributed by atoms with Gasteiger partial charge in [0.15, 0.2) is 0 Å². The molecule has 166 valence electrons. The number of aryl methyl sites for hydroxylation is 1. The Kier molecular flexibility index (Phi) is 8.69. The van der Waals surface area contributed by atoms with Gasteiger partial charge in [-0.1, -0.05) is 87.4 Å². The predicted octanol–water partition coefficient (Wildman–Crippen LogP) is 5.15. The number of rotatable bonds is 9. The van der Waals surface area contributed by atoms with Crippen LogP contribution in [0.4, 0.5) is 0 Å². The fourth-order valence-corrected chi connectivity index (χ4v) is 4.61. The van der Waals surface area contributed by atoms with Gasteiger partial charge >= 0.3 is 0 Å². The maximum atomic E-state index is 13.1. The molecule has 0 aromatic heterocycles. The Balaban J connectivity index is 1.52. The third-order valence-corrected chi connectivity index (χ3v) is 6.67. The zero-order valence-electron chi connectivity index (χ0n) is 18.9. The summed E-state index contributed by atoms with van der Waals surface area (Å²) in [6.07, 6.45) is 4.86. The van der Waals surface area contributed by atoms with Crippen molar-refractivity contribution < 1.29 is 9.59 Å². The molecule has 1 atom stereocenters. The van der Waals surface area contributed by atoms with Crippen molar-refractivity contribution in [1.29, 1.82) is 0 Å². The van der Waals surface area contributed by atoms with E-state index in [1.165, 1.54) is 11.1 Å². The molecule has 0 saturated carbocycles. The smallest absolute Gasteiger partial charge is 0.223 e. The van der Waals surface area contributed by atoms with Gasteiger partial charge in [-0.05, 0) is 36.3 Å².